The molecule has 1 heterocycles. The van der Waals surface area contributed by atoms with Crippen molar-refractivity contribution in [2.45, 2.75) is 13.0 Å². The van der Waals surface area contributed by atoms with E-state index in [0.717, 1.165) is 0 Å². The van der Waals surface area contributed by atoms with Gasteiger partial charge in [0.25, 0.3) is 0 Å². The van der Waals surface area contributed by atoms with Crippen molar-refractivity contribution in [2.75, 3.05) is 13.2 Å². The topological polar surface area (TPSA) is 96.0 Å². The Labute approximate surface area is 123 Å². The Kier molecular flexibility index (Phi) is 9.97. The average molecular weight is 272 g/mol. The second-order valence-electron chi connectivity index (χ2n) is 2.99. The summed E-state index contributed by atoms with van der Waals surface area (Å²) in [6, 6.07) is 0. The van der Waals surface area contributed by atoms with E-state index < -0.39 is 10.1 Å². The van der Waals surface area contributed by atoms with Crippen LogP contribution in [-0.4, -0.2) is 38.3 Å². The number of hydrogen-bond donors (Lipinski definition) is 0. The van der Waals surface area contributed by atoms with E-state index in [2.05, 4.69) is 13.2 Å². The fourth-order valence-corrected chi connectivity index (χ4v) is 0.456. The first-order valence-electron chi connectivity index (χ1n) is 4.29. The molecule has 0 amide bonds. The van der Waals surface area contributed by atoms with Gasteiger partial charge in [-0.25, -0.2) is 13.2 Å². The zero-order chi connectivity index (χ0) is 12.8. The van der Waals surface area contributed by atoms with Crippen LogP contribution in [0.2, 0.25) is 0 Å². The van der Waals surface area contributed by atoms with Gasteiger partial charge >= 0.3 is 35.5 Å². The Hall–Kier alpha value is -0.180. The quantitative estimate of drug-likeness (QED) is 0.180. The van der Waals surface area contributed by atoms with Crippen molar-refractivity contribution in [3.05, 3.63) is 24.1 Å². The first-order chi connectivity index (χ1) is 7.26. The van der Waals surface area contributed by atoms with Crippen molar-refractivity contribution >= 4 is 16.1 Å². The van der Waals surface area contributed by atoms with Gasteiger partial charge in [-0.05, 0) is 6.92 Å². The Morgan fingerprint density at radius 3 is 2.29 bits per heavy atom. The number of carbonyl (C=O) groups excluding carboxylic acids is 1. The molecule has 1 rings (SSSR count). The van der Waals surface area contributed by atoms with Crippen LogP contribution >= 0.6 is 0 Å². The third kappa shape index (κ3) is 13.8. The predicted octanol–water partition coefficient (Wildman–Crippen LogP) is -2.82. The minimum Gasteiger partial charge on any atom is -0.745 e. The molecule has 0 aromatic heterocycles. The Morgan fingerprint density at radius 2 is 2.06 bits per heavy atom. The molecule has 0 aromatic rings. The minimum absolute atomic E-state index is 0. The van der Waals surface area contributed by atoms with E-state index in [9.17, 15) is 17.8 Å². The maximum atomic E-state index is 10.7. The molecule has 1 atom stereocenters. The Balaban J connectivity index is 0. The van der Waals surface area contributed by atoms with Crippen LogP contribution in [0.15, 0.2) is 24.1 Å². The molecule has 92 valence electrons. The second kappa shape index (κ2) is 8.84. The normalized spacial score (nSPS) is 16.7. The van der Waals surface area contributed by atoms with Crippen molar-refractivity contribution in [1.29, 1.82) is 0 Å². The number of epoxide rings is 1. The van der Waals surface area contributed by atoms with Crippen LogP contribution in [0.5, 0.6) is 0 Å². The Morgan fingerprint density at radius 1 is 1.65 bits per heavy atom. The summed E-state index contributed by atoms with van der Waals surface area (Å²) >= 11 is 0. The van der Waals surface area contributed by atoms with Crippen molar-refractivity contribution in [3.8, 4) is 0 Å². The zero-order valence-electron chi connectivity index (χ0n) is 9.84. The van der Waals surface area contributed by atoms with Crippen molar-refractivity contribution in [2.24, 2.45) is 0 Å². The van der Waals surface area contributed by atoms with Crippen LogP contribution in [0.25, 0.3) is 0 Å². The first kappa shape index (κ1) is 19.2. The van der Waals surface area contributed by atoms with E-state index in [0.29, 0.717) is 24.2 Å². The van der Waals surface area contributed by atoms with Gasteiger partial charge in [0.2, 0.25) is 0 Å². The molecule has 0 aliphatic carbocycles. The van der Waals surface area contributed by atoms with Gasteiger partial charge in [-0.1, -0.05) is 13.2 Å². The van der Waals surface area contributed by atoms with Gasteiger partial charge in [-0.2, -0.15) is 0 Å². The molecule has 6 nitrogen and oxygen atoms in total. The number of hydrogen-bond acceptors (Lipinski definition) is 6. The van der Waals surface area contributed by atoms with Crippen LogP contribution < -0.4 is 29.6 Å². The van der Waals surface area contributed by atoms with E-state index in [1.165, 1.54) is 0 Å². The molecule has 0 radical (unpaired) electrons. The van der Waals surface area contributed by atoms with Gasteiger partial charge in [-0.15, -0.1) is 0 Å². The molecule has 0 N–H and O–H groups in total. The summed E-state index contributed by atoms with van der Waals surface area (Å²) in [4.78, 5) is 10.7. The molecule has 17 heavy (non-hydrogen) atoms. The smallest absolute Gasteiger partial charge is 0.745 e. The van der Waals surface area contributed by atoms with Crippen LogP contribution in [0.3, 0.4) is 0 Å². The molecule has 1 aliphatic rings. The molecule has 0 saturated carbocycles. The summed E-state index contributed by atoms with van der Waals surface area (Å²) in [6.45, 7) is 8.87. The summed E-state index contributed by atoms with van der Waals surface area (Å²) in [6.07, 6.45) is 0.142. The second-order valence-corrected chi connectivity index (χ2v) is 4.31. The largest absolute Gasteiger partial charge is 1.00 e. The van der Waals surface area contributed by atoms with Gasteiger partial charge < -0.3 is 14.0 Å². The van der Waals surface area contributed by atoms with Crippen LogP contribution in [0.1, 0.15) is 6.92 Å². The molecule has 0 spiro atoms. The minimum atomic E-state index is -4.15. The van der Waals surface area contributed by atoms with Gasteiger partial charge in [0, 0.05) is 11.0 Å². The van der Waals surface area contributed by atoms with E-state index in [-0.39, 0.29) is 41.6 Å². The Bertz CT molecular complexity index is 359. The molecule has 8 heteroatoms. The number of esters is 1. The third-order valence-corrected chi connectivity index (χ3v) is 1.76. The van der Waals surface area contributed by atoms with Gasteiger partial charge in [0.05, 0.1) is 6.61 Å². The van der Waals surface area contributed by atoms with E-state index >= 15 is 0 Å². The van der Waals surface area contributed by atoms with Crippen molar-refractivity contribution in [1.82, 2.24) is 0 Å². The molecule has 1 unspecified atom stereocenters. The van der Waals surface area contributed by atoms with Crippen molar-refractivity contribution < 1.29 is 56.8 Å². The number of rotatable bonds is 4. The SMILES string of the molecule is C=C(C)C(=O)OCC1CO1.C=CS(=O)(=O)[O-].[Na+]. The zero-order valence-corrected chi connectivity index (χ0v) is 12.7. The standard InChI is InChI=1S/C7H10O3.C2H4O3S.Na/c1-5(2)7(8)10-4-6-3-9-6;1-2-6(3,4)5;/h6H,1,3-4H2,2H3;2H,1H2,(H,3,4,5);/q;;+1/p-1. The summed E-state index contributed by atoms with van der Waals surface area (Å²) in [5.74, 6) is -0.337. The first-order valence-corrected chi connectivity index (χ1v) is 5.76. The summed E-state index contributed by atoms with van der Waals surface area (Å²) in [5.41, 5.74) is 0.431. The molecular formula is C9H13NaO6S. The molecule has 1 fully saturated rings. The fraction of sp³-hybridized carbons (Fsp3) is 0.444. The van der Waals surface area contributed by atoms with Gasteiger partial charge in [0.15, 0.2) is 0 Å². The summed E-state index contributed by atoms with van der Waals surface area (Å²) in [7, 11) is -4.15. The maximum absolute atomic E-state index is 10.7. The molecule has 1 aliphatic heterocycles. The van der Waals surface area contributed by atoms with E-state index in [1.54, 1.807) is 6.92 Å². The van der Waals surface area contributed by atoms with Crippen LogP contribution in [-0.2, 0) is 24.4 Å². The van der Waals surface area contributed by atoms with E-state index in [4.69, 9.17) is 9.47 Å². The van der Waals surface area contributed by atoms with Crippen LogP contribution in [0, 0.1) is 0 Å². The number of carbonyl (C=O) groups is 1. The number of ether oxygens (including phenoxy) is 2. The van der Waals surface area contributed by atoms with Gasteiger partial charge in [-0.3, -0.25) is 0 Å². The van der Waals surface area contributed by atoms with Crippen LogP contribution in [0.4, 0.5) is 0 Å². The maximum Gasteiger partial charge on any atom is 1.00 e. The molecule has 0 bridgehead atoms. The molecular weight excluding hydrogens is 259 g/mol. The van der Waals surface area contributed by atoms with Crippen molar-refractivity contribution in [3.63, 3.8) is 0 Å². The third-order valence-electron chi connectivity index (χ3n) is 1.36. The van der Waals surface area contributed by atoms with E-state index in [1.807, 2.05) is 0 Å². The molecule has 1 saturated heterocycles. The predicted molar refractivity (Wildman–Crippen MR) is 55.4 cm³/mol. The average Bonchev–Trinajstić information content (AvgIpc) is 2.97. The summed E-state index contributed by atoms with van der Waals surface area (Å²) in [5, 5.41) is 0.354. The van der Waals surface area contributed by atoms with Gasteiger partial charge in [0.1, 0.15) is 22.8 Å². The summed E-state index contributed by atoms with van der Waals surface area (Å²) < 4.78 is 37.6. The fourth-order valence-electron chi connectivity index (χ4n) is 0.456. The monoisotopic (exact) mass is 272 g/mol. The molecule has 0 aromatic carbocycles.